The molecule has 2 atom stereocenters. The Hall–Kier alpha value is -0.980. The number of nitrogens with zero attached hydrogens (tertiary/aromatic N) is 1. The highest BCUT2D eigenvalue weighted by atomic mass is 32.1. The number of ether oxygens (including phenoxy) is 1. The Morgan fingerprint density at radius 2 is 2.09 bits per heavy atom. The minimum Gasteiger partial charge on any atom is -0.388 e. The molecule has 0 bridgehead atoms. The molecule has 0 aromatic carbocycles. The van der Waals surface area contributed by atoms with Crippen LogP contribution < -0.4 is 5.32 Å². The molecule has 2 unspecified atom stereocenters. The number of carbonyl (C=O) groups excluding carboxylic acids is 1. The molecule has 0 aliphatic carbocycles. The van der Waals surface area contributed by atoms with E-state index >= 15 is 0 Å². The standard InChI is InChI=1S/C16H28N2O3S/c1-10(2)7-8-16(5,20)9-17-14(19)13-11(3)18-15(22-13)12(4)21-6/h10,12,20H,7-9H2,1-6H3,(H,17,19). The zero-order valence-electron chi connectivity index (χ0n) is 14.4. The molecule has 126 valence electrons. The molecule has 0 saturated carbocycles. The number of methoxy groups -OCH3 is 1. The van der Waals surface area contributed by atoms with Crippen LogP contribution in [0.1, 0.15) is 67.0 Å². The van der Waals surface area contributed by atoms with Gasteiger partial charge in [0, 0.05) is 13.7 Å². The Balaban J connectivity index is 2.64. The van der Waals surface area contributed by atoms with Crippen LogP contribution in [0.4, 0.5) is 0 Å². The van der Waals surface area contributed by atoms with Crippen molar-refractivity contribution in [2.75, 3.05) is 13.7 Å². The minimum atomic E-state index is -0.888. The summed E-state index contributed by atoms with van der Waals surface area (Å²) in [6.07, 6.45) is 1.47. The van der Waals surface area contributed by atoms with Crippen LogP contribution in [0, 0.1) is 12.8 Å². The van der Waals surface area contributed by atoms with Crippen LogP contribution in [0.3, 0.4) is 0 Å². The van der Waals surface area contributed by atoms with Crippen molar-refractivity contribution in [2.24, 2.45) is 5.92 Å². The largest absolute Gasteiger partial charge is 0.388 e. The Morgan fingerprint density at radius 3 is 2.64 bits per heavy atom. The third-order valence-electron chi connectivity index (χ3n) is 3.61. The Morgan fingerprint density at radius 1 is 1.45 bits per heavy atom. The van der Waals surface area contributed by atoms with Crippen LogP contribution >= 0.6 is 11.3 Å². The van der Waals surface area contributed by atoms with Gasteiger partial charge in [0.2, 0.25) is 0 Å². The average molecular weight is 328 g/mol. The second-order valence-electron chi connectivity index (χ2n) is 6.46. The second-order valence-corrected chi connectivity index (χ2v) is 7.49. The molecular formula is C16H28N2O3S. The highest BCUT2D eigenvalue weighted by Gasteiger charge is 2.24. The molecular weight excluding hydrogens is 300 g/mol. The van der Waals surface area contributed by atoms with Gasteiger partial charge in [-0.2, -0.15) is 0 Å². The number of amides is 1. The van der Waals surface area contributed by atoms with Crippen molar-refractivity contribution in [1.29, 1.82) is 0 Å². The van der Waals surface area contributed by atoms with Crippen molar-refractivity contribution < 1.29 is 14.6 Å². The number of aromatic nitrogens is 1. The lowest BCUT2D eigenvalue weighted by atomic mass is 9.95. The molecule has 0 aliphatic rings. The first-order valence-corrected chi connectivity index (χ1v) is 8.48. The normalized spacial score (nSPS) is 15.6. The Kier molecular flexibility index (Phi) is 6.97. The summed E-state index contributed by atoms with van der Waals surface area (Å²) in [5.74, 6) is 0.346. The van der Waals surface area contributed by atoms with E-state index in [0.29, 0.717) is 22.9 Å². The van der Waals surface area contributed by atoms with Crippen molar-refractivity contribution in [1.82, 2.24) is 10.3 Å². The van der Waals surface area contributed by atoms with Gasteiger partial charge in [-0.25, -0.2) is 4.98 Å². The number of nitrogens with one attached hydrogen (secondary N) is 1. The van der Waals surface area contributed by atoms with Gasteiger partial charge in [-0.1, -0.05) is 13.8 Å². The Labute approximate surface area is 137 Å². The highest BCUT2D eigenvalue weighted by molar-refractivity contribution is 7.13. The van der Waals surface area contributed by atoms with Gasteiger partial charge in [0.1, 0.15) is 16.0 Å². The summed E-state index contributed by atoms with van der Waals surface area (Å²) in [5, 5.41) is 13.9. The zero-order valence-corrected chi connectivity index (χ0v) is 15.2. The summed E-state index contributed by atoms with van der Waals surface area (Å²) in [7, 11) is 1.62. The maximum atomic E-state index is 12.3. The van der Waals surface area contributed by atoms with E-state index in [4.69, 9.17) is 4.74 Å². The van der Waals surface area contributed by atoms with Crippen LogP contribution in [0.2, 0.25) is 0 Å². The fourth-order valence-electron chi connectivity index (χ4n) is 1.94. The van der Waals surface area contributed by atoms with Crippen LogP contribution in [0.25, 0.3) is 0 Å². The fraction of sp³-hybridized carbons (Fsp3) is 0.750. The summed E-state index contributed by atoms with van der Waals surface area (Å²) < 4.78 is 5.23. The van der Waals surface area contributed by atoms with E-state index in [-0.39, 0.29) is 18.6 Å². The van der Waals surface area contributed by atoms with E-state index in [2.05, 4.69) is 24.1 Å². The van der Waals surface area contributed by atoms with Crippen molar-refractivity contribution in [3.05, 3.63) is 15.6 Å². The second kappa shape index (κ2) is 8.04. The van der Waals surface area contributed by atoms with Gasteiger partial charge in [0.05, 0.1) is 11.3 Å². The molecule has 2 N–H and O–H groups in total. The third kappa shape index (κ3) is 5.66. The molecule has 1 amide bonds. The fourth-order valence-corrected chi connectivity index (χ4v) is 2.95. The SMILES string of the molecule is COC(C)c1nc(C)c(C(=O)NCC(C)(O)CCC(C)C)s1. The predicted molar refractivity (Wildman–Crippen MR) is 89.3 cm³/mol. The van der Waals surface area contributed by atoms with E-state index in [9.17, 15) is 9.90 Å². The summed E-state index contributed by atoms with van der Waals surface area (Å²) in [6, 6.07) is 0. The first kappa shape index (κ1) is 19.1. The molecule has 1 aromatic rings. The van der Waals surface area contributed by atoms with E-state index < -0.39 is 5.60 Å². The molecule has 0 radical (unpaired) electrons. The topological polar surface area (TPSA) is 71.5 Å². The number of rotatable bonds is 8. The molecule has 0 aliphatic heterocycles. The number of hydrogen-bond acceptors (Lipinski definition) is 5. The molecule has 0 spiro atoms. The number of carbonyl (C=O) groups is 1. The lowest BCUT2D eigenvalue weighted by Crippen LogP contribution is -2.40. The van der Waals surface area contributed by atoms with Crippen molar-refractivity contribution in [3.8, 4) is 0 Å². The van der Waals surface area contributed by atoms with Gasteiger partial charge < -0.3 is 15.2 Å². The van der Waals surface area contributed by atoms with Crippen molar-refractivity contribution in [3.63, 3.8) is 0 Å². The van der Waals surface area contributed by atoms with Crippen LogP contribution in [0.15, 0.2) is 0 Å². The lowest BCUT2D eigenvalue weighted by Gasteiger charge is -2.24. The number of aryl methyl sites for hydroxylation is 1. The molecule has 22 heavy (non-hydrogen) atoms. The van der Waals surface area contributed by atoms with Gasteiger partial charge >= 0.3 is 0 Å². The smallest absolute Gasteiger partial charge is 0.263 e. The summed E-state index contributed by atoms with van der Waals surface area (Å²) in [4.78, 5) is 17.2. The van der Waals surface area contributed by atoms with Gasteiger partial charge in [-0.3, -0.25) is 4.79 Å². The van der Waals surface area contributed by atoms with Gasteiger partial charge in [-0.05, 0) is 39.5 Å². The van der Waals surface area contributed by atoms with Gasteiger partial charge in [0.15, 0.2) is 0 Å². The molecule has 5 nitrogen and oxygen atoms in total. The van der Waals surface area contributed by atoms with Crippen LogP contribution in [-0.2, 0) is 4.74 Å². The summed E-state index contributed by atoms with van der Waals surface area (Å²) >= 11 is 1.34. The maximum Gasteiger partial charge on any atom is 0.263 e. The number of hydrogen-bond donors (Lipinski definition) is 2. The summed E-state index contributed by atoms with van der Waals surface area (Å²) in [5.41, 5.74) is -0.190. The Bertz CT molecular complexity index is 498. The lowest BCUT2D eigenvalue weighted by molar-refractivity contribution is 0.0430. The number of aliphatic hydroxyl groups is 1. The monoisotopic (exact) mass is 328 g/mol. The van der Waals surface area contributed by atoms with Crippen molar-refractivity contribution in [2.45, 2.75) is 59.2 Å². The highest BCUT2D eigenvalue weighted by Crippen LogP contribution is 2.25. The predicted octanol–water partition coefficient (Wildman–Crippen LogP) is 3.08. The molecule has 1 heterocycles. The van der Waals surface area contributed by atoms with Crippen LogP contribution in [0.5, 0.6) is 0 Å². The van der Waals surface area contributed by atoms with E-state index in [1.165, 1.54) is 11.3 Å². The maximum absolute atomic E-state index is 12.3. The van der Waals surface area contributed by atoms with Gasteiger partial charge in [-0.15, -0.1) is 11.3 Å². The number of thiazole rings is 1. The van der Waals surface area contributed by atoms with E-state index in [1.807, 2.05) is 13.8 Å². The molecule has 0 fully saturated rings. The van der Waals surface area contributed by atoms with E-state index in [0.717, 1.165) is 11.4 Å². The first-order chi connectivity index (χ1) is 10.2. The first-order valence-electron chi connectivity index (χ1n) is 7.67. The molecule has 1 aromatic heterocycles. The van der Waals surface area contributed by atoms with Gasteiger partial charge in [0.25, 0.3) is 5.91 Å². The van der Waals surface area contributed by atoms with E-state index in [1.54, 1.807) is 14.0 Å². The molecule has 0 saturated heterocycles. The molecule has 1 rings (SSSR count). The quantitative estimate of drug-likeness (QED) is 0.769. The van der Waals surface area contributed by atoms with Crippen molar-refractivity contribution >= 4 is 17.2 Å². The summed E-state index contributed by atoms with van der Waals surface area (Å²) in [6.45, 7) is 9.95. The third-order valence-corrected chi connectivity index (χ3v) is 4.93. The molecule has 6 heteroatoms. The minimum absolute atomic E-state index is 0.126. The average Bonchev–Trinajstić information content (AvgIpc) is 2.84. The zero-order chi connectivity index (χ0) is 16.9. The van der Waals surface area contributed by atoms with Crippen LogP contribution in [-0.4, -0.2) is 35.3 Å².